The highest BCUT2D eigenvalue weighted by Crippen LogP contribution is 2.26. The average Bonchev–Trinajstić information content (AvgIpc) is 2.65. The molecule has 26 heavy (non-hydrogen) atoms. The zero-order chi connectivity index (χ0) is 18.5. The normalized spacial score (nSPS) is 14.7. The minimum Gasteiger partial charge on any atom is -0.323 e. The number of nitrogens with zero attached hydrogens (tertiary/aromatic N) is 2. The first-order chi connectivity index (χ1) is 12.5. The Morgan fingerprint density at radius 3 is 2.54 bits per heavy atom. The van der Waals surface area contributed by atoms with E-state index in [0.717, 1.165) is 32.1 Å². The van der Waals surface area contributed by atoms with E-state index in [0.29, 0.717) is 11.4 Å². The minimum atomic E-state index is -0.540. The Bertz CT molecular complexity index is 802. The van der Waals surface area contributed by atoms with E-state index in [1.54, 1.807) is 6.92 Å². The Morgan fingerprint density at radius 1 is 1.08 bits per heavy atom. The van der Waals surface area contributed by atoms with E-state index < -0.39 is 11.7 Å². The van der Waals surface area contributed by atoms with E-state index in [1.807, 2.05) is 0 Å². The lowest BCUT2D eigenvalue weighted by atomic mass is 9.88. The van der Waals surface area contributed by atoms with Crippen molar-refractivity contribution >= 4 is 23.2 Å². The molecule has 0 atom stereocenters. The number of nitrogens with one attached hydrogen (secondary N) is 2. The highest BCUT2D eigenvalue weighted by atomic mass is 19.1. The molecule has 1 heterocycles. The fourth-order valence-corrected chi connectivity index (χ4v) is 3.00. The summed E-state index contributed by atoms with van der Waals surface area (Å²) in [5, 5.41) is 5.29. The van der Waals surface area contributed by atoms with E-state index in [-0.39, 0.29) is 23.2 Å². The van der Waals surface area contributed by atoms with E-state index in [4.69, 9.17) is 0 Å². The van der Waals surface area contributed by atoms with Gasteiger partial charge in [0.25, 0.3) is 5.91 Å². The lowest BCUT2D eigenvalue weighted by Crippen LogP contribution is -2.25. The lowest BCUT2D eigenvalue weighted by Gasteiger charge is -2.21. The third-order valence-electron chi connectivity index (χ3n) is 4.47. The molecule has 0 radical (unpaired) electrons. The third kappa shape index (κ3) is 4.41. The summed E-state index contributed by atoms with van der Waals surface area (Å²) in [4.78, 5) is 32.5. The number of hydrogen-bond donors (Lipinski definition) is 2. The number of rotatable bonds is 4. The van der Waals surface area contributed by atoms with E-state index in [9.17, 15) is 14.0 Å². The largest absolute Gasteiger partial charge is 0.323 e. The smallest absolute Gasteiger partial charge is 0.275 e. The van der Waals surface area contributed by atoms with Gasteiger partial charge < -0.3 is 10.6 Å². The highest BCUT2D eigenvalue weighted by molar-refractivity contribution is 6.03. The van der Waals surface area contributed by atoms with Crippen LogP contribution in [0.4, 0.5) is 15.8 Å². The number of carbonyl (C=O) groups excluding carboxylic acids is 2. The molecule has 1 aliphatic rings. The number of aromatic nitrogens is 2. The van der Waals surface area contributed by atoms with Crippen LogP contribution in [-0.2, 0) is 4.79 Å². The van der Waals surface area contributed by atoms with Crippen molar-refractivity contribution in [2.24, 2.45) is 5.92 Å². The van der Waals surface area contributed by atoms with Crippen LogP contribution in [0.1, 0.15) is 48.3 Å². The van der Waals surface area contributed by atoms with Crippen molar-refractivity contribution in [3.63, 3.8) is 0 Å². The average molecular weight is 356 g/mol. The van der Waals surface area contributed by atoms with Crippen molar-refractivity contribution in [2.75, 3.05) is 10.6 Å². The molecule has 2 aromatic rings. The summed E-state index contributed by atoms with van der Waals surface area (Å²) in [7, 11) is 0. The number of aryl methyl sites for hydroxylation is 1. The molecule has 1 aromatic heterocycles. The summed E-state index contributed by atoms with van der Waals surface area (Å²) in [6.07, 6.45) is 7.71. The molecule has 1 fully saturated rings. The Labute approximate surface area is 151 Å². The molecular formula is C19H21FN4O2. The molecule has 0 unspecified atom stereocenters. The molecule has 1 saturated carbocycles. The van der Waals surface area contributed by atoms with Gasteiger partial charge >= 0.3 is 0 Å². The SMILES string of the molecule is Cc1cnc(C(=O)Nc2ccc(F)c(NC(=O)C3CCCCC3)c2)cn1. The fraction of sp³-hybridized carbons (Fsp3) is 0.368. The minimum absolute atomic E-state index is 0.0633. The van der Waals surface area contributed by atoms with Gasteiger partial charge in [0.1, 0.15) is 11.5 Å². The number of hydrogen-bond acceptors (Lipinski definition) is 4. The summed E-state index contributed by atoms with van der Waals surface area (Å²) in [6, 6.07) is 4.06. The summed E-state index contributed by atoms with van der Waals surface area (Å²) in [5.41, 5.74) is 1.30. The van der Waals surface area contributed by atoms with Crippen LogP contribution in [0.25, 0.3) is 0 Å². The van der Waals surface area contributed by atoms with Gasteiger partial charge in [-0.05, 0) is 38.0 Å². The Morgan fingerprint density at radius 2 is 1.85 bits per heavy atom. The summed E-state index contributed by atoms with van der Waals surface area (Å²) < 4.78 is 14.1. The number of halogens is 1. The van der Waals surface area contributed by atoms with Gasteiger partial charge in [-0.2, -0.15) is 0 Å². The molecule has 0 bridgehead atoms. The van der Waals surface area contributed by atoms with Gasteiger partial charge in [0.15, 0.2) is 0 Å². The van der Waals surface area contributed by atoms with Gasteiger partial charge in [0, 0.05) is 17.8 Å². The van der Waals surface area contributed by atoms with Crippen LogP contribution in [0.5, 0.6) is 0 Å². The monoisotopic (exact) mass is 356 g/mol. The molecular weight excluding hydrogens is 335 g/mol. The second-order valence-electron chi connectivity index (χ2n) is 6.52. The van der Waals surface area contributed by atoms with Crippen molar-refractivity contribution in [1.82, 2.24) is 9.97 Å². The first-order valence-corrected chi connectivity index (χ1v) is 8.73. The molecule has 1 aromatic carbocycles. The van der Waals surface area contributed by atoms with Crippen molar-refractivity contribution in [2.45, 2.75) is 39.0 Å². The summed E-state index contributed by atoms with van der Waals surface area (Å²) >= 11 is 0. The maximum atomic E-state index is 14.1. The number of amides is 2. The zero-order valence-electron chi connectivity index (χ0n) is 14.6. The molecule has 2 N–H and O–H groups in total. The van der Waals surface area contributed by atoms with E-state index in [2.05, 4.69) is 20.6 Å². The summed E-state index contributed by atoms with van der Waals surface area (Å²) in [5.74, 6) is -1.24. The molecule has 0 saturated heterocycles. The van der Waals surface area contributed by atoms with Crippen molar-refractivity contribution < 1.29 is 14.0 Å². The molecule has 1 aliphatic carbocycles. The van der Waals surface area contributed by atoms with Gasteiger partial charge in [-0.25, -0.2) is 9.37 Å². The van der Waals surface area contributed by atoms with Crippen molar-refractivity contribution in [3.05, 3.63) is 47.8 Å². The quantitative estimate of drug-likeness (QED) is 0.875. The topological polar surface area (TPSA) is 84.0 Å². The predicted molar refractivity (Wildman–Crippen MR) is 96.3 cm³/mol. The van der Waals surface area contributed by atoms with E-state index >= 15 is 0 Å². The van der Waals surface area contributed by atoms with Crippen molar-refractivity contribution in [3.8, 4) is 0 Å². The first-order valence-electron chi connectivity index (χ1n) is 8.73. The second kappa shape index (κ2) is 8.03. The maximum absolute atomic E-state index is 14.1. The number of benzene rings is 1. The van der Waals surface area contributed by atoms with Crippen LogP contribution in [0, 0.1) is 18.7 Å². The second-order valence-corrected chi connectivity index (χ2v) is 6.52. The van der Waals surface area contributed by atoms with Gasteiger partial charge in [-0.15, -0.1) is 0 Å². The van der Waals surface area contributed by atoms with Crippen LogP contribution >= 0.6 is 0 Å². The van der Waals surface area contributed by atoms with E-state index in [1.165, 1.54) is 30.6 Å². The fourth-order valence-electron chi connectivity index (χ4n) is 3.00. The Balaban J connectivity index is 1.69. The standard InChI is InChI=1S/C19H21FN4O2/c1-12-10-22-17(11-21-12)19(26)23-14-7-8-15(20)16(9-14)24-18(25)13-5-3-2-4-6-13/h7-11,13H,2-6H2,1H3,(H,23,26)(H,24,25). The third-order valence-corrected chi connectivity index (χ3v) is 4.47. The van der Waals surface area contributed by atoms with Crippen LogP contribution in [0.15, 0.2) is 30.6 Å². The predicted octanol–water partition coefficient (Wildman–Crippen LogP) is 3.70. The molecule has 6 nitrogen and oxygen atoms in total. The van der Waals surface area contributed by atoms with Gasteiger partial charge in [-0.1, -0.05) is 19.3 Å². The van der Waals surface area contributed by atoms with Crippen LogP contribution in [-0.4, -0.2) is 21.8 Å². The van der Waals surface area contributed by atoms with Gasteiger partial charge in [0.2, 0.25) is 5.91 Å². The molecule has 136 valence electrons. The van der Waals surface area contributed by atoms with Crippen LogP contribution in [0.2, 0.25) is 0 Å². The zero-order valence-corrected chi connectivity index (χ0v) is 14.6. The maximum Gasteiger partial charge on any atom is 0.275 e. The van der Waals surface area contributed by atoms with Crippen molar-refractivity contribution in [1.29, 1.82) is 0 Å². The Kier molecular flexibility index (Phi) is 5.55. The number of carbonyl (C=O) groups is 2. The van der Waals surface area contributed by atoms with Crippen LogP contribution < -0.4 is 10.6 Å². The highest BCUT2D eigenvalue weighted by Gasteiger charge is 2.22. The molecule has 0 spiro atoms. The molecule has 7 heteroatoms. The van der Waals surface area contributed by atoms with Crippen LogP contribution in [0.3, 0.4) is 0 Å². The van der Waals surface area contributed by atoms with Gasteiger partial charge in [-0.3, -0.25) is 14.6 Å². The Hall–Kier alpha value is -2.83. The number of anilines is 2. The van der Waals surface area contributed by atoms with Gasteiger partial charge in [0.05, 0.1) is 17.6 Å². The summed E-state index contributed by atoms with van der Waals surface area (Å²) in [6.45, 7) is 1.77. The molecule has 2 amide bonds. The molecule has 0 aliphatic heterocycles. The first kappa shape index (κ1) is 18.0. The lowest BCUT2D eigenvalue weighted by molar-refractivity contribution is -0.120. The molecule has 3 rings (SSSR count).